The van der Waals surface area contributed by atoms with E-state index in [1.807, 2.05) is 0 Å². The van der Waals surface area contributed by atoms with Crippen molar-refractivity contribution in [3.05, 3.63) is 33.3 Å². The molecule has 1 aromatic rings. The highest BCUT2D eigenvalue weighted by Crippen LogP contribution is 2.27. The van der Waals surface area contributed by atoms with Crippen LogP contribution in [0.5, 0.6) is 0 Å². The fraction of sp³-hybridized carbons (Fsp3) is 0.364. The van der Waals surface area contributed by atoms with Gasteiger partial charge in [-0.25, -0.2) is 4.79 Å². The van der Waals surface area contributed by atoms with E-state index in [9.17, 15) is 14.9 Å². The number of urea groups is 1. The molecule has 0 saturated carbocycles. The quantitative estimate of drug-likeness (QED) is 0.640. The van der Waals surface area contributed by atoms with E-state index in [4.69, 9.17) is 16.7 Å². The van der Waals surface area contributed by atoms with Crippen LogP contribution in [0.2, 0.25) is 5.02 Å². The molecule has 0 fully saturated rings. The Hall–Kier alpha value is -1.86. The largest absolute Gasteiger partial charge is 0.395 e. The van der Waals surface area contributed by atoms with Gasteiger partial charge in [-0.3, -0.25) is 10.1 Å². The van der Waals surface area contributed by atoms with Gasteiger partial charge in [-0.1, -0.05) is 11.6 Å². The molecule has 1 aromatic carbocycles. The SMILES string of the molecule is CCN(CCO)C(=O)Nc1ccc(Cl)c([N+](=O)[O-])c1. The molecule has 19 heavy (non-hydrogen) atoms. The van der Waals surface area contributed by atoms with Crippen LogP contribution in [0.1, 0.15) is 6.92 Å². The smallest absolute Gasteiger partial charge is 0.321 e. The molecule has 0 heterocycles. The summed E-state index contributed by atoms with van der Waals surface area (Å²) >= 11 is 5.67. The molecular weight excluding hydrogens is 274 g/mol. The number of likely N-dealkylation sites (N-methyl/N-ethyl adjacent to an activating group) is 1. The fourth-order valence-electron chi connectivity index (χ4n) is 1.46. The van der Waals surface area contributed by atoms with Crippen LogP contribution in [0.15, 0.2) is 18.2 Å². The minimum absolute atomic E-state index is 0.00528. The van der Waals surface area contributed by atoms with Crippen molar-refractivity contribution in [3.63, 3.8) is 0 Å². The van der Waals surface area contributed by atoms with Gasteiger partial charge < -0.3 is 15.3 Å². The molecule has 2 amide bonds. The van der Waals surface area contributed by atoms with Crippen molar-refractivity contribution < 1.29 is 14.8 Å². The van der Waals surface area contributed by atoms with E-state index in [2.05, 4.69) is 5.32 Å². The standard InChI is InChI=1S/C11H14ClN3O4/c1-2-14(5-6-16)11(17)13-8-3-4-9(12)10(7-8)15(18)19/h3-4,7,16H,2,5-6H2,1H3,(H,13,17). The average molecular weight is 288 g/mol. The Balaban J connectivity index is 2.85. The second-order valence-electron chi connectivity index (χ2n) is 3.66. The maximum atomic E-state index is 11.8. The molecule has 1 rings (SSSR count). The van der Waals surface area contributed by atoms with E-state index in [0.29, 0.717) is 6.54 Å². The highest BCUT2D eigenvalue weighted by molar-refractivity contribution is 6.32. The number of aliphatic hydroxyl groups is 1. The van der Waals surface area contributed by atoms with Crippen molar-refractivity contribution in [2.24, 2.45) is 0 Å². The summed E-state index contributed by atoms with van der Waals surface area (Å²) < 4.78 is 0. The summed E-state index contributed by atoms with van der Waals surface area (Å²) in [6, 6.07) is 3.57. The number of benzene rings is 1. The zero-order chi connectivity index (χ0) is 14.4. The highest BCUT2D eigenvalue weighted by atomic mass is 35.5. The third-order valence-corrected chi connectivity index (χ3v) is 2.75. The van der Waals surface area contributed by atoms with Gasteiger partial charge in [-0.2, -0.15) is 0 Å². The lowest BCUT2D eigenvalue weighted by Gasteiger charge is -2.20. The van der Waals surface area contributed by atoms with Crippen LogP contribution in [0.25, 0.3) is 0 Å². The van der Waals surface area contributed by atoms with Gasteiger partial charge in [0.05, 0.1) is 11.5 Å². The summed E-state index contributed by atoms with van der Waals surface area (Å²) in [5.74, 6) is 0. The highest BCUT2D eigenvalue weighted by Gasteiger charge is 2.15. The van der Waals surface area contributed by atoms with Gasteiger partial charge >= 0.3 is 6.03 Å². The summed E-state index contributed by atoms with van der Waals surface area (Å²) in [4.78, 5) is 23.3. The summed E-state index contributed by atoms with van der Waals surface area (Å²) in [5, 5.41) is 22.0. The van der Waals surface area contributed by atoms with Gasteiger partial charge in [-0.15, -0.1) is 0 Å². The molecule has 0 aliphatic heterocycles. The lowest BCUT2D eigenvalue weighted by atomic mass is 10.3. The molecule has 0 atom stereocenters. The third kappa shape index (κ3) is 4.08. The molecule has 0 unspecified atom stereocenters. The Morgan fingerprint density at radius 3 is 2.79 bits per heavy atom. The van der Waals surface area contributed by atoms with Crippen molar-refractivity contribution in [2.45, 2.75) is 6.92 Å². The van der Waals surface area contributed by atoms with E-state index in [1.54, 1.807) is 6.92 Å². The molecule has 0 aromatic heterocycles. The van der Waals surface area contributed by atoms with E-state index in [0.717, 1.165) is 0 Å². The van der Waals surface area contributed by atoms with Crippen LogP contribution in [-0.4, -0.2) is 40.7 Å². The van der Waals surface area contributed by atoms with Crippen molar-refractivity contribution >= 4 is 29.0 Å². The normalized spacial score (nSPS) is 10.1. The number of hydrogen-bond acceptors (Lipinski definition) is 4. The predicted octanol–water partition coefficient (Wildman–Crippen LogP) is 2.09. The molecule has 0 bridgehead atoms. The number of nitrogens with one attached hydrogen (secondary N) is 1. The van der Waals surface area contributed by atoms with Gasteiger partial charge in [0.25, 0.3) is 5.69 Å². The number of carbonyl (C=O) groups is 1. The maximum Gasteiger partial charge on any atom is 0.321 e. The summed E-state index contributed by atoms with van der Waals surface area (Å²) in [6.45, 7) is 2.22. The van der Waals surface area contributed by atoms with Crippen molar-refractivity contribution in [3.8, 4) is 0 Å². The molecule has 104 valence electrons. The number of halogens is 1. The molecule has 8 heteroatoms. The first kappa shape index (κ1) is 15.2. The van der Waals surface area contributed by atoms with Crippen LogP contribution in [0, 0.1) is 10.1 Å². The number of hydrogen-bond donors (Lipinski definition) is 2. The predicted molar refractivity (Wildman–Crippen MR) is 71.5 cm³/mol. The van der Waals surface area contributed by atoms with Crippen LogP contribution in [0.4, 0.5) is 16.2 Å². The Labute approximate surface area is 114 Å². The fourth-order valence-corrected chi connectivity index (χ4v) is 1.64. The molecular formula is C11H14ClN3O4. The lowest BCUT2D eigenvalue weighted by Crippen LogP contribution is -2.36. The molecule has 0 aliphatic carbocycles. The number of nitro benzene ring substituents is 1. The Morgan fingerprint density at radius 2 is 2.26 bits per heavy atom. The second kappa shape index (κ2) is 6.91. The molecule has 0 spiro atoms. The van der Waals surface area contributed by atoms with Gasteiger partial charge in [0.1, 0.15) is 5.02 Å². The van der Waals surface area contributed by atoms with Crippen molar-refractivity contribution in [2.75, 3.05) is 25.0 Å². The summed E-state index contributed by atoms with van der Waals surface area (Å²) in [6.07, 6.45) is 0. The molecule has 0 saturated heterocycles. The van der Waals surface area contributed by atoms with E-state index < -0.39 is 11.0 Å². The van der Waals surface area contributed by atoms with Crippen LogP contribution in [0.3, 0.4) is 0 Å². The average Bonchev–Trinajstić information content (AvgIpc) is 2.37. The number of nitro groups is 1. The van der Waals surface area contributed by atoms with Gasteiger partial charge in [0, 0.05) is 24.8 Å². The number of carbonyl (C=O) groups excluding carboxylic acids is 1. The number of rotatable bonds is 5. The number of nitrogens with zero attached hydrogens (tertiary/aromatic N) is 2. The minimum atomic E-state index is -0.622. The Kier molecular flexibility index (Phi) is 5.53. The summed E-state index contributed by atoms with van der Waals surface area (Å²) in [5.41, 5.74) is 0.00200. The monoisotopic (exact) mass is 287 g/mol. The van der Waals surface area contributed by atoms with Crippen LogP contribution < -0.4 is 5.32 Å². The minimum Gasteiger partial charge on any atom is -0.395 e. The first-order chi connectivity index (χ1) is 8.99. The van der Waals surface area contributed by atoms with Crippen molar-refractivity contribution in [1.29, 1.82) is 0 Å². The first-order valence-electron chi connectivity index (χ1n) is 5.60. The number of anilines is 1. The zero-order valence-electron chi connectivity index (χ0n) is 10.3. The van der Waals surface area contributed by atoms with Gasteiger partial charge in [0.2, 0.25) is 0 Å². The molecule has 0 radical (unpaired) electrons. The topological polar surface area (TPSA) is 95.7 Å². The number of amides is 2. The zero-order valence-corrected chi connectivity index (χ0v) is 11.1. The summed E-state index contributed by atoms with van der Waals surface area (Å²) in [7, 11) is 0. The lowest BCUT2D eigenvalue weighted by molar-refractivity contribution is -0.384. The molecule has 7 nitrogen and oxygen atoms in total. The third-order valence-electron chi connectivity index (χ3n) is 2.43. The van der Waals surface area contributed by atoms with Gasteiger partial charge in [-0.05, 0) is 19.1 Å². The number of aliphatic hydroxyl groups excluding tert-OH is 1. The first-order valence-corrected chi connectivity index (χ1v) is 5.98. The second-order valence-corrected chi connectivity index (χ2v) is 4.06. The van der Waals surface area contributed by atoms with Crippen molar-refractivity contribution in [1.82, 2.24) is 4.90 Å². The molecule has 2 N–H and O–H groups in total. The van der Waals surface area contributed by atoms with E-state index in [-0.39, 0.29) is 29.5 Å². The Morgan fingerprint density at radius 1 is 1.58 bits per heavy atom. The van der Waals surface area contributed by atoms with E-state index >= 15 is 0 Å². The maximum absolute atomic E-state index is 11.8. The van der Waals surface area contributed by atoms with E-state index in [1.165, 1.54) is 23.1 Å². The van der Waals surface area contributed by atoms with Crippen LogP contribution in [-0.2, 0) is 0 Å². The van der Waals surface area contributed by atoms with Gasteiger partial charge in [0.15, 0.2) is 0 Å². The Bertz CT molecular complexity index is 481. The van der Waals surface area contributed by atoms with Crippen LogP contribution >= 0.6 is 11.6 Å². The molecule has 0 aliphatic rings.